The summed E-state index contributed by atoms with van der Waals surface area (Å²) in [6, 6.07) is 19.9. The van der Waals surface area contributed by atoms with Crippen LogP contribution >= 0.6 is 15.9 Å². The van der Waals surface area contributed by atoms with Crippen molar-refractivity contribution in [3.05, 3.63) is 94.0 Å². The maximum atomic E-state index is 12.8. The highest BCUT2D eigenvalue weighted by Gasteiger charge is 2.21. The third-order valence-corrected chi connectivity index (χ3v) is 6.65. The van der Waals surface area contributed by atoms with Gasteiger partial charge in [0.1, 0.15) is 5.75 Å². The first kappa shape index (κ1) is 27.7. The second-order valence-corrected chi connectivity index (χ2v) is 9.89. The Morgan fingerprint density at radius 1 is 0.846 bits per heavy atom. The predicted octanol–water partition coefficient (Wildman–Crippen LogP) is 4.82. The summed E-state index contributed by atoms with van der Waals surface area (Å²) >= 11 is 3.32. The lowest BCUT2D eigenvalue weighted by Crippen LogP contribution is -2.37. The number of nitrogens with one attached hydrogen (secondary N) is 3. The van der Waals surface area contributed by atoms with E-state index in [2.05, 4.69) is 37.1 Å². The van der Waals surface area contributed by atoms with Crippen molar-refractivity contribution in [1.29, 1.82) is 0 Å². The lowest BCUT2D eigenvalue weighted by Gasteiger charge is -2.23. The van der Waals surface area contributed by atoms with Crippen molar-refractivity contribution in [1.82, 2.24) is 10.7 Å². The molecule has 39 heavy (non-hydrogen) atoms. The lowest BCUT2D eigenvalue weighted by molar-refractivity contribution is -0.136. The number of carbonyl (C=O) groups is 4. The van der Waals surface area contributed by atoms with E-state index in [-0.39, 0.29) is 23.2 Å². The molecule has 10 heteroatoms. The Bertz CT molecular complexity index is 1370. The van der Waals surface area contributed by atoms with Crippen LogP contribution in [0.1, 0.15) is 58.4 Å². The number of anilines is 1. The molecule has 0 unspecified atom stereocenters. The van der Waals surface area contributed by atoms with E-state index in [1.54, 1.807) is 72.8 Å². The van der Waals surface area contributed by atoms with Crippen LogP contribution in [0.2, 0.25) is 0 Å². The Morgan fingerprint density at radius 3 is 2.26 bits per heavy atom. The summed E-state index contributed by atoms with van der Waals surface area (Å²) in [5.74, 6) is -2.39. The van der Waals surface area contributed by atoms with E-state index in [0.717, 1.165) is 30.2 Å². The molecular weight excluding hydrogens is 564 g/mol. The first-order chi connectivity index (χ1) is 18.9. The standard InChI is InChI=1S/C29H27BrN4O5/c30-21-14-12-20(13-15-21)29(38)39-23-16-10-19(11-17-23)18-31-34-28(37)27(36)33-25-9-5-4-8-24(25)26(35)32-22-6-2-1-3-7-22/h4-5,8-18,22H,1-3,6-7H2,(H,32,35)(H,33,36)(H,34,37). The van der Waals surface area contributed by atoms with Crippen LogP contribution in [0, 0.1) is 0 Å². The number of amides is 3. The van der Waals surface area contributed by atoms with Crippen molar-refractivity contribution in [2.24, 2.45) is 5.10 Å². The number of nitrogens with zero attached hydrogens (tertiary/aromatic N) is 1. The zero-order chi connectivity index (χ0) is 27.6. The molecule has 0 aliphatic heterocycles. The van der Waals surface area contributed by atoms with Crippen LogP contribution < -0.4 is 20.8 Å². The van der Waals surface area contributed by atoms with E-state index in [1.165, 1.54) is 12.6 Å². The van der Waals surface area contributed by atoms with Crippen molar-refractivity contribution in [3.8, 4) is 5.75 Å². The number of ether oxygens (including phenoxy) is 1. The van der Waals surface area contributed by atoms with Gasteiger partial charge >= 0.3 is 17.8 Å². The molecule has 0 aromatic heterocycles. The summed E-state index contributed by atoms with van der Waals surface area (Å²) in [4.78, 5) is 49.7. The zero-order valence-electron chi connectivity index (χ0n) is 21.0. The topological polar surface area (TPSA) is 126 Å². The fourth-order valence-corrected chi connectivity index (χ4v) is 4.33. The first-order valence-electron chi connectivity index (χ1n) is 12.5. The van der Waals surface area contributed by atoms with E-state index in [4.69, 9.17) is 4.74 Å². The molecule has 4 rings (SSSR count). The maximum Gasteiger partial charge on any atom is 0.343 e. The van der Waals surface area contributed by atoms with Crippen LogP contribution in [0.4, 0.5) is 5.69 Å². The normalized spacial score (nSPS) is 13.5. The van der Waals surface area contributed by atoms with Gasteiger partial charge in [0.25, 0.3) is 5.91 Å². The van der Waals surface area contributed by atoms with Crippen molar-refractivity contribution in [3.63, 3.8) is 0 Å². The second-order valence-electron chi connectivity index (χ2n) is 8.97. The van der Waals surface area contributed by atoms with Gasteiger partial charge in [-0.05, 0) is 79.1 Å². The molecule has 1 aliphatic carbocycles. The molecule has 200 valence electrons. The lowest BCUT2D eigenvalue weighted by atomic mass is 9.95. The minimum Gasteiger partial charge on any atom is -0.423 e. The molecule has 3 aromatic rings. The van der Waals surface area contributed by atoms with Crippen molar-refractivity contribution < 1.29 is 23.9 Å². The molecule has 0 heterocycles. The van der Waals surface area contributed by atoms with E-state index in [9.17, 15) is 19.2 Å². The summed E-state index contributed by atoms with van der Waals surface area (Å²) in [5, 5.41) is 9.30. The Hall–Kier alpha value is -4.31. The summed E-state index contributed by atoms with van der Waals surface area (Å²) in [7, 11) is 0. The average Bonchev–Trinajstić information content (AvgIpc) is 2.95. The van der Waals surface area contributed by atoms with Crippen LogP contribution in [-0.4, -0.2) is 35.9 Å². The smallest absolute Gasteiger partial charge is 0.343 e. The van der Waals surface area contributed by atoms with Crippen molar-refractivity contribution >= 4 is 51.5 Å². The number of para-hydroxylation sites is 1. The van der Waals surface area contributed by atoms with Gasteiger partial charge in [0.2, 0.25) is 0 Å². The van der Waals surface area contributed by atoms with E-state index in [0.29, 0.717) is 16.9 Å². The predicted molar refractivity (Wildman–Crippen MR) is 151 cm³/mol. The molecular formula is C29H27BrN4O5. The molecule has 3 N–H and O–H groups in total. The van der Waals surface area contributed by atoms with Crippen LogP contribution in [0.5, 0.6) is 5.75 Å². The molecule has 0 saturated heterocycles. The zero-order valence-corrected chi connectivity index (χ0v) is 22.6. The monoisotopic (exact) mass is 590 g/mol. The number of hydrogen-bond donors (Lipinski definition) is 3. The van der Waals surface area contributed by atoms with Gasteiger partial charge in [-0.2, -0.15) is 5.10 Å². The molecule has 0 radical (unpaired) electrons. The van der Waals surface area contributed by atoms with E-state index >= 15 is 0 Å². The summed E-state index contributed by atoms with van der Waals surface area (Å²) in [6.45, 7) is 0. The quantitative estimate of drug-likeness (QED) is 0.120. The summed E-state index contributed by atoms with van der Waals surface area (Å²) < 4.78 is 6.20. The number of halogens is 1. The molecule has 1 aliphatic rings. The number of benzene rings is 3. The fourth-order valence-electron chi connectivity index (χ4n) is 4.07. The Balaban J connectivity index is 1.28. The minimum absolute atomic E-state index is 0.111. The van der Waals surface area contributed by atoms with Crippen LogP contribution in [0.3, 0.4) is 0 Å². The van der Waals surface area contributed by atoms with Crippen molar-refractivity contribution in [2.45, 2.75) is 38.1 Å². The number of esters is 1. The summed E-state index contributed by atoms with van der Waals surface area (Å²) in [5.41, 5.74) is 3.71. The second kappa shape index (κ2) is 13.5. The maximum absolute atomic E-state index is 12.8. The molecule has 0 spiro atoms. The highest BCUT2D eigenvalue weighted by Crippen LogP contribution is 2.20. The van der Waals surface area contributed by atoms with Gasteiger partial charge in [-0.1, -0.05) is 47.3 Å². The molecule has 3 amide bonds. The molecule has 0 atom stereocenters. The third kappa shape index (κ3) is 8.08. The average molecular weight is 591 g/mol. The fraction of sp³-hybridized carbons (Fsp3) is 0.207. The van der Waals surface area contributed by atoms with Crippen LogP contribution in [0.15, 0.2) is 82.4 Å². The van der Waals surface area contributed by atoms with Gasteiger partial charge in [0.05, 0.1) is 23.0 Å². The largest absolute Gasteiger partial charge is 0.423 e. The molecule has 9 nitrogen and oxygen atoms in total. The minimum atomic E-state index is -0.992. The Kier molecular flexibility index (Phi) is 9.58. The molecule has 3 aromatic carbocycles. The van der Waals surface area contributed by atoms with Gasteiger partial charge in [-0.15, -0.1) is 0 Å². The highest BCUT2D eigenvalue weighted by atomic mass is 79.9. The highest BCUT2D eigenvalue weighted by molar-refractivity contribution is 9.10. The first-order valence-corrected chi connectivity index (χ1v) is 13.3. The number of carbonyl (C=O) groups excluding carboxylic acids is 4. The van der Waals surface area contributed by atoms with E-state index in [1.807, 2.05) is 0 Å². The Morgan fingerprint density at radius 2 is 1.54 bits per heavy atom. The van der Waals surface area contributed by atoms with Gasteiger partial charge in [-0.25, -0.2) is 10.2 Å². The molecule has 1 fully saturated rings. The van der Waals surface area contributed by atoms with E-state index < -0.39 is 17.8 Å². The number of rotatable bonds is 7. The third-order valence-electron chi connectivity index (χ3n) is 6.12. The summed E-state index contributed by atoms with van der Waals surface area (Å²) in [6.07, 6.45) is 6.53. The van der Waals surface area contributed by atoms with Crippen LogP contribution in [0.25, 0.3) is 0 Å². The van der Waals surface area contributed by atoms with Crippen molar-refractivity contribution in [2.75, 3.05) is 5.32 Å². The van der Waals surface area contributed by atoms with Gasteiger partial charge in [-0.3, -0.25) is 14.4 Å². The molecule has 0 bridgehead atoms. The molecule has 1 saturated carbocycles. The number of hydrogen-bond acceptors (Lipinski definition) is 6. The van der Waals surface area contributed by atoms with Crippen LogP contribution in [-0.2, 0) is 9.59 Å². The SMILES string of the molecule is O=C(NN=Cc1ccc(OC(=O)c2ccc(Br)cc2)cc1)C(=O)Nc1ccccc1C(=O)NC1CCCCC1. The number of hydrazone groups is 1. The van der Waals surface area contributed by atoms with Gasteiger partial charge in [0, 0.05) is 10.5 Å². The Labute approximate surface area is 234 Å². The van der Waals surface area contributed by atoms with Gasteiger partial charge in [0.15, 0.2) is 0 Å². The van der Waals surface area contributed by atoms with Gasteiger partial charge < -0.3 is 15.4 Å².